The molecule has 2 fully saturated rings. The average Bonchev–Trinajstić information content (AvgIpc) is 3.39. The number of amides is 2. The Hall–Kier alpha value is -2.22. The van der Waals surface area contributed by atoms with Crippen molar-refractivity contribution in [1.82, 2.24) is 15.8 Å². The van der Waals surface area contributed by atoms with Gasteiger partial charge in [-0.05, 0) is 51.4 Å². The molecule has 3 rings (SSSR count). The zero-order valence-corrected chi connectivity index (χ0v) is 15.7. The highest BCUT2D eigenvalue weighted by atomic mass is 16.5. The van der Waals surface area contributed by atoms with E-state index in [1.54, 1.807) is 13.0 Å². The second kappa shape index (κ2) is 8.65. The minimum absolute atomic E-state index is 0.00327. The van der Waals surface area contributed by atoms with Crippen molar-refractivity contribution in [1.29, 1.82) is 0 Å². The van der Waals surface area contributed by atoms with Crippen molar-refractivity contribution in [2.75, 3.05) is 6.54 Å². The van der Waals surface area contributed by atoms with E-state index in [1.165, 1.54) is 0 Å². The first kappa shape index (κ1) is 19.5. The van der Waals surface area contributed by atoms with Crippen LogP contribution >= 0.6 is 0 Å². The summed E-state index contributed by atoms with van der Waals surface area (Å²) in [6, 6.07) is 1.26. The number of nitrogens with zero attached hydrogens (tertiary/aromatic N) is 1. The quantitative estimate of drug-likeness (QED) is 0.627. The van der Waals surface area contributed by atoms with Crippen LogP contribution in [-0.4, -0.2) is 41.4 Å². The van der Waals surface area contributed by atoms with Crippen LogP contribution in [0.1, 0.15) is 74.0 Å². The van der Waals surface area contributed by atoms with Crippen molar-refractivity contribution in [3.63, 3.8) is 0 Å². The van der Waals surface area contributed by atoms with Gasteiger partial charge in [-0.3, -0.25) is 14.4 Å². The molecule has 0 radical (unpaired) electrons. The molecule has 0 aliphatic heterocycles. The van der Waals surface area contributed by atoms with Gasteiger partial charge in [0.1, 0.15) is 5.76 Å². The molecule has 1 aromatic rings. The Morgan fingerprint density at radius 1 is 1.22 bits per heavy atom. The van der Waals surface area contributed by atoms with Gasteiger partial charge in [0, 0.05) is 24.4 Å². The van der Waals surface area contributed by atoms with E-state index in [0.29, 0.717) is 12.3 Å². The molecule has 1 atom stereocenters. The highest BCUT2D eigenvalue weighted by molar-refractivity contribution is 5.96. The molecule has 2 aliphatic rings. The largest absolute Gasteiger partial charge is 0.360 e. The van der Waals surface area contributed by atoms with E-state index in [0.717, 1.165) is 44.3 Å². The van der Waals surface area contributed by atoms with Crippen molar-refractivity contribution in [2.45, 2.75) is 69.9 Å². The Bertz CT molecular complexity index is 690. The molecular formula is C19H28N4O4. The number of Topliss-reactive ketones (excluding diaryl/α,β-unsaturated/α-hetero) is 1. The van der Waals surface area contributed by atoms with Crippen LogP contribution in [0.5, 0.6) is 0 Å². The molecule has 27 heavy (non-hydrogen) atoms. The van der Waals surface area contributed by atoms with E-state index >= 15 is 0 Å². The molecule has 0 saturated heterocycles. The molecule has 0 bridgehead atoms. The van der Waals surface area contributed by atoms with Gasteiger partial charge in [-0.15, -0.1) is 0 Å². The van der Waals surface area contributed by atoms with Crippen molar-refractivity contribution in [3.8, 4) is 0 Å². The van der Waals surface area contributed by atoms with Crippen LogP contribution in [0.3, 0.4) is 0 Å². The van der Waals surface area contributed by atoms with E-state index in [1.807, 2.05) is 0 Å². The third-order valence-electron chi connectivity index (χ3n) is 5.46. The minimum Gasteiger partial charge on any atom is -0.360 e. The van der Waals surface area contributed by atoms with Gasteiger partial charge in [0.25, 0.3) is 5.91 Å². The van der Waals surface area contributed by atoms with Gasteiger partial charge in [0.05, 0.1) is 12.6 Å². The molecule has 148 valence electrons. The normalized spacial score (nSPS) is 23.5. The van der Waals surface area contributed by atoms with Gasteiger partial charge in [-0.2, -0.15) is 0 Å². The molecule has 1 aromatic heterocycles. The molecule has 8 nitrogen and oxygen atoms in total. The topological polar surface area (TPSA) is 127 Å². The van der Waals surface area contributed by atoms with Crippen LogP contribution in [0.4, 0.5) is 0 Å². The Balaban J connectivity index is 1.41. The molecule has 2 aliphatic carbocycles. The third-order valence-corrected chi connectivity index (χ3v) is 5.46. The van der Waals surface area contributed by atoms with Crippen LogP contribution in [0, 0.1) is 5.92 Å². The van der Waals surface area contributed by atoms with Gasteiger partial charge < -0.3 is 20.9 Å². The standard InChI is InChI=1S/C19H28N4O4/c1-11(21-19(26)15-9-17(27-23-15)13-4-5-13)16(24)8-12-2-6-14(7-3-12)22-18(25)10-20/h9,11-14H,2-8,10,20H2,1H3,(H,21,26)(H,22,25). The summed E-state index contributed by atoms with van der Waals surface area (Å²) in [6.45, 7) is 1.71. The number of aromatic nitrogens is 1. The fourth-order valence-corrected chi connectivity index (χ4v) is 3.57. The second-order valence-electron chi connectivity index (χ2n) is 7.74. The van der Waals surface area contributed by atoms with E-state index in [4.69, 9.17) is 10.3 Å². The predicted octanol–water partition coefficient (Wildman–Crippen LogP) is 1.26. The van der Waals surface area contributed by atoms with E-state index < -0.39 is 6.04 Å². The summed E-state index contributed by atoms with van der Waals surface area (Å²) in [5.74, 6) is 0.934. The average molecular weight is 376 g/mol. The highest BCUT2D eigenvalue weighted by Crippen LogP contribution is 2.40. The number of hydrogen-bond donors (Lipinski definition) is 3. The van der Waals surface area contributed by atoms with E-state index in [2.05, 4.69) is 15.8 Å². The number of ketones is 1. The molecular weight excluding hydrogens is 348 g/mol. The zero-order chi connectivity index (χ0) is 19.4. The van der Waals surface area contributed by atoms with Crippen molar-refractivity contribution >= 4 is 17.6 Å². The molecule has 2 amide bonds. The van der Waals surface area contributed by atoms with Crippen molar-refractivity contribution in [3.05, 3.63) is 17.5 Å². The summed E-state index contributed by atoms with van der Waals surface area (Å²) in [5, 5.41) is 9.42. The van der Waals surface area contributed by atoms with Crippen molar-refractivity contribution in [2.24, 2.45) is 11.7 Å². The Labute approximate surface area is 158 Å². The first-order chi connectivity index (χ1) is 13.0. The predicted molar refractivity (Wildman–Crippen MR) is 98.0 cm³/mol. The van der Waals surface area contributed by atoms with Crippen LogP contribution in [0.2, 0.25) is 0 Å². The molecule has 4 N–H and O–H groups in total. The molecule has 2 saturated carbocycles. The summed E-state index contributed by atoms with van der Waals surface area (Å²) in [5.41, 5.74) is 5.54. The third kappa shape index (κ3) is 5.38. The summed E-state index contributed by atoms with van der Waals surface area (Å²) in [7, 11) is 0. The van der Waals surface area contributed by atoms with Crippen LogP contribution in [0.15, 0.2) is 10.6 Å². The lowest BCUT2D eigenvalue weighted by Crippen LogP contribution is -2.42. The Morgan fingerprint density at radius 2 is 1.93 bits per heavy atom. The lowest BCUT2D eigenvalue weighted by Gasteiger charge is -2.29. The monoisotopic (exact) mass is 376 g/mol. The zero-order valence-electron chi connectivity index (χ0n) is 15.7. The van der Waals surface area contributed by atoms with Crippen LogP contribution in [-0.2, 0) is 9.59 Å². The number of hydrogen-bond acceptors (Lipinski definition) is 6. The maximum Gasteiger partial charge on any atom is 0.274 e. The Morgan fingerprint density at radius 3 is 2.56 bits per heavy atom. The van der Waals surface area contributed by atoms with Crippen LogP contribution in [0.25, 0.3) is 0 Å². The highest BCUT2D eigenvalue weighted by Gasteiger charge is 2.30. The molecule has 1 unspecified atom stereocenters. The number of nitrogens with one attached hydrogen (secondary N) is 2. The Kier molecular flexibility index (Phi) is 6.26. The van der Waals surface area contributed by atoms with Crippen molar-refractivity contribution < 1.29 is 18.9 Å². The SMILES string of the molecule is CC(NC(=O)c1cc(C2CC2)on1)C(=O)CC1CCC(NC(=O)CN)CC1. The first-order valence-corrected chi connectivity index (χ1v) is 9.76. The number of carbonyl (C=O) groups is 3. The maximum atomic E-state index is 12.5. The molecule has 8 heteroatoms. The summed E-state index contributed by atoms with van der Waals surface area (Å²) < 4.78 is 5.19. The molecule has 0 aromatic carbocycles. The van der Waals surface area contributed by atoms with Gasteiger partial charge in [-0.25, -0.2) is 0 Å². The van der Waals surface area contributed by atoms with Gasteiger partial charge in [0.2, 0.25) is 5.91 Å². The lowest BCUT2D eigenvalue weighted by molar-refractivity contribution is -0.122. The van der Waals surface area contributed by atoms with Gasteiger partial charge >= 0.3 is 0 Å². The second-order valence-corrected chi connectivity index (χ2v) is 7.74. The van der Waals surface area contributed by atoms with Gasteiger partial charge in [0.15, 0.2) is 11.5 Å². The molecule has 0 spiro atoms. The molecule has 1 heterocycles. The van der Waals surface area contributed by atoms with Gasteiger partial charge in [-0.1, -0.05) is 5.16 Å². The van der Waals surface area contributed by atoms with E-state index in [-0.39, 0.29) is 41.8 Å². The summed E-state index contributed by atoms with van der Waals surface area (Å²) >= 11 is 0. The summed E-state index contributed by atoms with van der Waals surface area (Å²) in [6.07, 6.45) is 6.06. The lowest BCUT2D eigenvalue weighted by atomic mass is 9.82. The smallest absolute Gasteiger partial charge is 0.274 e. The number of nitrogens with two attached hydrogens (primary N) is 1. The number of rotatable bonds is 8. The maximum absolute atomic E-state index is 12.5. The summed E-state index contributed by atoms with van der Waals surface area (Å²) in [4.78, 5) is 36.1. The number of carbonyl (C=O) groups excluding carboxylic acids is 3. The first-order valence-electron chi connectivity index (χ1n) is 9.76. The minimum atomic E-state index is -0.562. The fourth-order valence-electron chi connectivity index (χ4n) is 3.57. The fraction of sp³-hybridized carbons (Fsp3) is 0.684. The van der Waals surface area contributed by atoms with E-state index in [9.17, 15) is 14.4 Å². The van der Waals surface area contributed by atoms with Crippen LogP contribution < -0.4 is 16.4 Å².